The van der Waals surface area contributed by atoms with Crippen LogP contribution < -0.4 is 11.2 Å². The number of carbonyl (C=O) groups is 1. The van der Waals surface area contributed by atoms with E-state index in [4.69, 9.17) is 9.47 Å². The molecule has 9 nitrogen and oxygen atoms in total. The molecule has 1 aromatic heterocycles. The molecule has 0 aromatic carbocycles. The summed E-state index contributed by atoms with van der Waals surface area (Å²) in [6.07, 6.45) is 2.92. The predicted molar refractivity (Wildman–Crippen MR) is 91.5 cm³/mol. The monoisotopic (exact) mass is 368 g/mol. The van der Waals surface area contributed by atoms with E-state index in [9.17, 15) is 24.6 Å². The first-order valence-corrected chi connectivity index (χ1v) is 8.57. The fourth-order valence-corrected chi connectivity index (χ4v) is 2.62. The number of aliphatic hydroxyl groups is 2. The van der Waals surface area contributed by atoms with Gasteiger partial charge in [-0.3, -0.25) is 19.1 Å². The van der Waals surface area contributed by atoms with E-state index in [0.717, 1.165) is 23.5 Å². The summed E-state index contributed by atoms with van der Waals surface area (Å²) in [5.74, 6) is -0.426. The molecule has 26 heavy (non-hydrogen) atoms. The van der Waals surface area contributed by atoms with Crippen LogP contribution >= 0.6 is 0 Å². The van der Waals surface area contributed by atoms with Crippen molar-refractivity contribution >= 4 is 5.97 Å². The van der Waals surface area contributed by atoms with Gasteiger partial charge in [-0.2, -0.15) is 0 Å². The molecule has 1 aliphatic rings. The largest absolute Gasteiger partial charge is 0.463 e. The van der Waals surface area contributed by atoms with Gasteiger partial charge in [0.2, 0.25) is 0 Å². The lowest BCUT2D eigenvalue weighted by Crippen LogP contribution is -2.37. The molecular formula is C17H24N2O7. The molecule has 0 aliphatic carbocycles. The number of unbranched alkanes of at least 4 members (excludes halogenated alkanes) is 1. The second kappa shape index (κ2) is 9.46. The van der Waals surface area contributed by atoms with E-state index >= 15 is 0 Å². The Morgan fingerprint density at radius 2 is 2.12 bits per heavy atom. The third kappa shape index (κ3) is 5.13. The van der Waals surface area contributed by atoms with Gasteiger partial charge in [0.1, 0.15) is 24.9 Å². The third-order valence-electron chi connectivity index (χ3n) is 4.03. The Bertz CT molecular complexity index is 739. The van der Waals surface area contributed by atoms with Crippen molar-refractivity contribution in [1.82, 2.24) is 9.55 Å². The van der Waals surface area contributed by atoms with Gasteiger partial charge < -0.3 is 19.7 Å². The van der Waals surface area contributed by atoms with E-state index < -0.39 is 41.8 Å². The molecule has 0 bridgehead atoms. The first kappa shape index (κ1) is 20.1. The second-order valence-corrected chi connectivity index (χ2v) is 6.02. The Labute approximate surface area is 149 Å². The minimum absolute atomic E-state index is 0.238. The Balaban J connectivity index is 1.87. The van der Waals surface area contributed by atoms with E-state index in [2.05, 4.69) is 0 Å². The molecular weight excluding hydrogens is 344 g/mol. The summed E-state index contributed by atoms with van der Waals surface area (Å²) in [6.45, 7) is 1.79. The van der Waals surface area contributed by atoms with Gasteiger partial charge in [0.05, 0.1) is 0 Å². The number of hydrogen-bond acceptors (Lipinski definition) is 7. The third-order valence-corrected chi connectivity index (χ3v) is 4.03. The molecule has 144 valence electrons. The van der Waals surface area contributed by atoms with Gasteiger partial charge in [0.15, 0.2) is 6.23 Å². The molecule has 4 atom stereocenters. The number of H-pyrrole nitrogens is 1. The molecule has 0 spiro atoms. The van der Waals surface area contributed by atoms with Crippen LogP contribution in [0.25, 0.3) is 0 Å². The molecule has 1 aromatic rings. The van der Waals surface area contributed by atoms with Crippen molar-refractivity contribution in [2.75, 3.05) is 6.61 Å². The average molecular weight is 368 g/mol. The summed E-state index contributed by atoms with van der Waals surface area (Å²) in [7, 11) is 0. The zero-order chi connectivity index (χ0) is 19.1. The summed E-state index contributed by atoms with van der Waals surface area (Å²) < 4.78 is 11.5. The van der Waals surface area contributed by atoms with E-state index in [1.807, 2.05) is 24.1 Å². The highest BCUT2D eigenvalue weighted by Gasteiger charge is 2.44. The minimum Gasteiger partial charge on any atom is -0.463 e. The zero-order valence-corrected chi connectivity index (χ0v) is 14.5. The lowest BCUT2D eigenvalue weighted by atomic mass is 10.1. The predicted octanol–water partition coefficient (Wildman–Crippen LogP) is -0.164. The average Bonchev–Trinajstić information content (AvgIpc) is 2.88. The molecule has 1 aliphatic heterocycles. The van der Waals surface area contributed by atoms with Gasteiger partial charge in [-0.15, -0.1) is 0 Å². The summed E-state index contributed by atoms with van der Waals surface area (Å²) in [5, 5.41) is 20.1. The minimum atomic E-state index is -1.40. The first-order chi connectivity index (χ1) is 12.4. The van der Waals surface area contributed by atoms with E-state index in [-0.39, 0.29) is 13.0 Å². The molecule has 2 heterocycles. The highest BCUT2D eigenvalue weighted by atomic mass is 16.6. The number of carbonyl (C=O) groups excluding carboxylic acids is 1. The van der Waals surface area contributed by atoms with Crippen LogP contribution in [-0.2, 0) is 14.3 Å². The maximum atomic E-state index is 11.8. The van der Waals surface area contributed by atoms with E-state index in [1.54, 1.807) is 0 Å². The van der Waals surface area contributed by atoms with E-state index in [0.29, 0.717) is 6.42 Å². The number of hydrogen-bond donors (Lipinski definition) is 3. The van der Waals surface area contributed by atoms with Crippen LogP contribution in [-0.4, -0.2) is 50.7 Å². The van der Waals surface area contributed by atoms with Crippen LogP contribution in [0.4, 0.5) is 0 Å². The van der Waals surface area contributed by atoms with Crippen LogP contribution in [0.15, 0.2) is 34.0 Å². The number of ether oxygens (including phenoxy) is 2. The van der Waals surface area contributed by atoms with Crippen molar-refractivity contribution in [3.8, 4) is 0 Å². The fraction of sp³-hybridized carbons (Fsp3) is 0.588. The first-order valence-electron chi connectivity index (χ1n) is 8.57. The Morgan fingerprint density at radius 3 is 2.81 bits per heavy atom. The summed E-state index contributed by atoms with van der Waals surface area (Å²) in [6, 6.07) is 1.10. The Morgan fingerprint density at radius 1 is 1.35 bits per heavy atom. The highest BCUT2D eigenvalue weighted by Crippen LogP contribution is 2.28. The van der Waals surface area contributed by atoms with E-state index in [1.165, 1.54) is 6.20 Å². The summed E-state index contributed by atoms with van der Waals surface area (Å²) in [4.78, 5) is 36.7. The van der Waals surface area contributed by atoms with Crippen molar-refractivity contribution < 1.29 is 24.5 Å². The molecule has 0 radical (unpaired) electrons. The number of aliphatic hydroxyl groups excluding tert-OH is 2. The molecule has 0 amide bonds. The summed E-state index contributed by atoms with van der Waals surface area (Å²) >= 11 is 0. The SMILES string of the molecule is CC/C=C\CCCC(=O)OC[C@H]1O[C@@H](n2ccc(=O)[nH]c2=O)[C@H](O)[C@@H]1O. The zero-order valence-electron chi connectivity index (χ0n) is 14.5. The summed E-state index contributed by atoms with van der Waals surface area (Å²) in [5.41, 5.74) is -1.36. The standard InChI is InChI=1S/C17H24N2O7/c1-2-3-4-5-6-7-13(21)25-10-11-14(22)15(23)16(26-11)19-9-8-12(20)18-17(19)24/h3-4,8-9,11,14-16,22-23H,2,5-7,10H2,1H3,(H,18,20,24)/b4-3-/t11-,14-,15-,16-/m1/s1. The topological polar surface area (TPSA) is 131 Å². The van der Waals surface area contributed by atoms with Crippen molar-refractivity contribution in [2.24, 2.45) is 0 Å². The van der Waals surface area contributed by atoms with Crippen LogP contribution in [0.1, 0.15) is 38.8 Å². The van der Waals surface area contributed by atoms with Crippen LogP contribution in [0, 0.1) is 0 Å². The number of aromatic nitrogens is 2. The molecule has 1 saturated heterocycles. The molecule has 0 saturated carbocycles. The van der Waals surface area contributed by atoms with Gasteiger partial charge in [0, 0.05) is 18.7 Å². The van der Waals surface area contributed by atoms with Crippen molar-refractivity contribution in [2.45, 2.75) is 57.1 Å². The number of nitrogens with one attached hydrogen (secondary N) is 1. The maximum Gasteiger partial charge on any atom is 0.330 e. The Hall–Kier alpha value is -2.23. The van der Waals surface area contributed by atoms with Gasteiger partial charge in [-0.1, -0.05) is 19.1 Å². The van der Waals surface area contributed by atoms with Crippen LogP contribution in [0.3, 0.4) is 0 Å². The van der Waals surface area contributed by atoms with Crippen molar-refractivity contribution in [1.29, 1.82) is 0 Å². The fourth-order valence-electron chi connectivity index (χ4n) is 2.62. The number of allylic oxidation sites excluding steroid dienone is 2. The molecule has 3 N–H and O–H groups in total. The quantitative estimate of drug-likeness (QED) is 0.330. The number of esters is 1. The van der Waals surface area contributed by atoms with Crippen LogP contribution in [0.2, 0.25) is 0 Å². The normalized spacial score (nSPS) is 25.7. The Kier molecular flexibility index (Phi) is 7.31. The van der Waals surface area contributed by atoms with Gasteiger partial charge in [0.25, 0.3) is 5.56 Å². The number of nitrogens with zero attached hydrogens (tertiary/aromatic N) is 1. The number of rotatable bonds is 8. The van der Waals surface area contributed by atoms with Crippen molar-refractivity contribution in [3.63, 3.8) is 0 Å². The molecule has 2 rings (SSSR count). The van der Waals surface area contributed by atoms with Crippen molar-refractivity contribution in [3.05, 3.63) is 45.3 Å². The molecule has 9 heteroatoms. The maximum absolute atomic E-state index is 11.8. The lowest BCUT2D eigenvalue weighted by molar-refractivity contribution is -0.150. The smallest absolute Gasteiger partial charge is 0.330 e. The molecule has 0 unspecified atom stereocenters. The van der Waals surface area contributed by atoms with Gasteiger partial charge in [-0.25, -0.2) is 4.79 Å². The van der Waals surface area contributed by atoms with Crippen LogP contribution in [0.5, 0.6) is 0 Å². The van der Waals surface area contributed by atoms with Gasteiger partial charge in [-0.05, 0) is 19.3 Å². The number of aromatic amines is 1. The molecule has 1 fully saturated rings. The second-order valence-electron chi connectivity index (χ2n) is 6.02. The lowest BCUT2D eigenvalue weighted by Gasteiger charge is -2.16. The highest BCUT2D eigenvalue weighted by molar-refractivity contribution is 5.69. The van der Waals surface area contributed by atoms with Gasteiger partial charge >= 0.3 is 11.7 Å².